The molecular formula is C26H28N2O3. The van der Waals surface area contributed by atoms with Gasteiger partial charge in [-0.25, -0.2) is 0 Å². The molecule has 160 valence electrons. The monoisotopic (exact) mass is 416 g/mol. The molecule has 1 aliphatic rings. The van der Waals surface area contributed by atoms with Gasteiger partial charge in [-0.15, -0.1) is 0 Å². The Morgan fingerprint density at radius 1 is 1.16 bits per heavy atom. The number of aromatic amines is 1. The summed E-state index contributed by atoms with van der Waals surface area (Å²) in [4.78, 5) is 17.2. The van der Waals surface area contributed by atoms with Crippen molar-refractivity contribution in [2.24, 2.45) is 0 Å². The minimum atomic E-state index is -0.0587. The predicted molar refractivity (Wildman–Crippen MR) is 124 cm³/mol. The molecule has 0 aliphatic carbocycles. The van der Waals surface area contributed by atoms with Crippen LogP contribution in [0.15, 0.2) is 57.7 Å². The second-order valence-corrected chi connectivity index (χ2v) is 8.30. The van der Waals surface area contributed by atoms with Gasteiger partial charge in [0.2, 0.25) is 5.56 Å². The molecule has 0 saturated heterocycles. The second kappa shape index (κ2) is 8.23. The van der Waals surface area contributed by atoms with Gasteiger partial charge in [0.25, 0.3) is 0 Å². The third-order valence-electron chi connectivity index (χ3n) is 6.41. The molecule has 5 rings (SSSR count). The molecule has 3 heterocycles. The van der Waals surface area contributed by atoms with Crippen LogP contribution in [-0.4, -0.2) is 29.1 Å². The molecule has 0 radical (unpaired) electrons. The van der Waals surface area contributed by atoms with Crippen molar-refractivity contribution in [3.63, 3.8) is 0 Å². The van der Waals surface area contributed by atoms with Crippen LogP contribution in [0, 0.1) is 0 Å². The molecule has 1 aliphatic heterocycles. The van der Waals surface area contributed by atoms with Crippen molar-refractivity contribution < 1.29 is 9.15 Å². The zero-order chi connectivity index (χ0) is 21.4. The van der Waals surface area contributed by atoms with Crippen molar-refractivity contribution in [1.82, 2.24) is 9.88 Å². The highest BCUT2D eigenvalue weighted by atomic mass is 16.5. The molecule has 0 bridgehead atoms. The number of rotatable bonds is 6. The maximum Gasteiger partial charge on any atom is 0.248 e. The topological polar surface area (TPSA) is 58.5 Å². The smallest absolute Gasteiger partial charge is 0.248 e. The zero-order valence-electron chi connectivity index (χ0n) is 18.1. The lowest BCUT2D eigenvalue weighted by atomic mass is 9.97. The summed E-state index contributed by atoms with van der Waals surface area (Å²) >= 11 is 0. The number of fused-ring (bicyclic) bond motifs is 4. The number of benzene rings is 2. The van der Waals surface area contributed by atoms with Crippen LogP contribution in [0.3, 0.4) is 0 Å². The Morgan fingerprint density at radius 3 is 2.87 bits per heavy atom. The second-order valence-electron chi connectivity index (χ2n) is 8.30. The molecule has 5 heteroatoms. The summed E-state index contributed by atoms with van der Waals surface area (Å²) in [7, 11) is 0. The lowest BCUT2D eigenvalue weighted by Gasteiger charge is -2.33. The highest BCUT2D eigenvalue weighted by Crippen LogP contribution is 2.36. The molecule has 5 nitrogen and oxygen atoms in total. The highest BCUT2D eigenvalue weighted by Gasteiger charge is 2.27. The summed E-state index contributed by atoms with van der Waals surface area (Å²) in [6.07, 6.45) is 2.99. The van der Waals surface area contributed by atoms with E-state index in [1.54, 1.807) is 6.07 Å². The summed E-state index contributed by atoms with van der Waals surface area (Å²) in [5, 5.41) is 2.25. The van der Waals surface area contributed by atoms with Gasteiger partial charge < -0.3 is 14.1 Å². The van der Waals surface area contributed by atoms with E-state index in [0.29, 0.717) is 12.6 Å². The van der Waals surface area contributed by atoms with E-state index in [9.17, 15) is 4.79 Å². The van der Waals surface area contributed by atoms with Crippen LogP contribution in [-0.2, 0) is 19.4 Å². The number of para-hydroxylation sites is 1. The van der Waals surface area contributed by atoms with E-state index in [0.717, 1.165) is 60.3 Å². The quantitative estimate of drug-likeness (QED) is 0.478. The van der Waals surface area contributed by atoms with Crippen LogP contribution in [0.4, 0.5) is 0 Å². The van der Waals surface area contributed by atoms with E-state index < -0.39 is 0 Å². The van der Waals surface area contributed by atoms with E-state index in [-0.39, 0.29) is 5.56 Å². The van der Waals surface area contributed by atoms with Crippen LogP contribution in [0.2, 0.25) is 0 Å². The average Bonchev–Trinajstić information content (AvgIpc) is 3.16. The first-order chi connectivity index (χ1) is 15.2. The molecule has 1 unspecified atom stereocenters. The lowest BCUT2D eigenvalue weighted by molar-refractivity contribution is 0.158. The zero-order valence-corrected chi connectivity index (χ0v) is 18.1. The molecular weight excluding hydrogens is 388 g/mol. The molecule has 0 spiro atoms. The Kier molecular flexibility index (Phi) is 5.28. The van der Waals surface area contributed by atoms with Gasteiger partial charge in [-0.05, 0) is 55.3 Å². The molecule has 1 N–H and O–H groups in total. The van der Waals surface area contributed by atoms with Crippen LogP contribution in [0.1, 0.15) is 37.2 Å². The van der Waals surface area contributed by atoms with E-state index in [1.807, 2.05) is 19.1 Å². The van der Waals surface area contributed by atoms with Crippen molar-refractivity contribution in [2.75, 3.05) is 13.2 Å². The first-order valence-electron chi connectivity index (χ1n) is 11.2. The Balaban J connectivity index is 1.40. The Labute approximate surface area is 181 Å². The summed E-state index contributed by atoms with van der Waals surface area (Å²) in [5.41, 5.74) is 4.29. The molecule has 4 aromatic rings. The number of nitrogens with zero attached hydrogens (tertiary/aromatic N) is 1. The minimum Gasteiger partial charge on any atom is -0.490 e. The van der Waals surface area contributed by atoms with Crippen LogP contribution in [0.25, 0.3) is 21.9 Å². The number of hydrogen-bond donors (Lipinski definition) is 1. The number of aromatic nitrogens is 1. The third kappa shape index (κ3) is 3.74. The standard InChI is InChI=1S/C26H28N2O3/c1-3-19(14-17-8-9-18-10-11-25(29)27-22(18)15-17)28-13-12-20-21-6-5-7-23(30-4-2)26(21)31-24(20)16-28/h5-11,15,19H,3-4,12-14,16H2,1-2H3,(H,27,29). The van der Waals surface area contributed by atoms with Gasteiger partial charge in [0.15, 0.2) is 11.3 Å². The average molecular weight is 417 g/mol. The van der Waals surface area contributed by atoms with Gasteiger partial charge in [-0.2, -0.15) is 0 Å². The van der Waals surface area contributed by atoms with Crippen molar-refractivity contribution in [3.05, 3.63) is 75.8 Å². The van der Waals surface area contributed by atoms with Crippen LogP contribution >= 0.6 is 0 Å². The van der Waals surface area contributed by atoms with Crippen molar-refractivity contribution in [2.45, 2.75) is 45.7 Å². The van der Waals surface area contributed by atoms with Crippen molar-refractivity contribution in [3.8, 4) is 5.75 Å². The minimum absolute atomic E-state index is 0.0587. The summed E-state index contributed by atoms with van der Waals surface area (Å²) < 4.78 is 12.1. The number of furan rings is 1. The van der Waals surface area contributed by atoms with E-state index in [1.165, 1.54) is 16.5 Å². The molecule has 1 atom stereocenters. The number of pyridine rings is 1. The molecule has 2 aromatic heterocycles. The van der Waals surface area contributed by atoms with Gasteiger partial charge in [0.1, 0.15) is 5.76 Å². The van der Waals surface area contributed by atoms with Crippen molar-refractivity contribution >= 4 is 21.9 Å². The summed E-state index contributed by atoms with van der Waals surface area (Å²) in [6, 6.07) is 16.4. The summed E-state index contributed by atoms with van der Waals surface area (Å²) in [6.45, 7) is 6.71. The van der Waals surface area contributed by atoms with Crippen LogP contribution in [0.5, 0.6) is 5.75 Å². The maximum atomic E-state index is 11.7. The van der Waals surface area contributed by atoms with E-state index in [2.05, 4.69) is 47.1 Å². The third-order valence-corrected chi connectivity index (χ3v) is 6.41. The normalized spacial score (nSPS) is 15.3. The van der Waals surface area contributed by atoms with Gasteiger partial charge >= 0.3 is 0 Å². The van der Waals surface area contributed by atoms with Crippen molar-refractivity contribution in [1.29, 1.82) is 0 Å². The van der Waals surface area contributed by atoms with E-state index >= 15 is 0 Å². The molecule has 31 heavy (non-hydrogen) atoms. The van der Waals surface area contributed by atoms with Gasteiger partial charge in [0, 0.05) is 35.1 Å². The fourth-order valence-corrected chi connectivity index (χ4v) is 4.82. The predicted octanol–water partition coefficient (Wildman–Crippen LogP) is 5.05. The number of ether oxygens (including phenoxy) is 1. The van der Waals surface area contributed by atoms with Gasteiger partial charge in [0.05, 0.1) is 13.2 Å². The van der Waals surface area contributed by atoms with E-state index in [4.69, 9.17) is 9.15 Å². The lowest BCUT2D eigenvalue weighted by Crippen LogP contribution is -2.39. The van der Waals surface area contributed by atoms with Crippen LogP contribution < -0.4 is 10.3 Å². The molecule has 0 saturated carbocycles. The molecule has 0 amide bonds. The fraction of sp³-hybridized carbons (Fsp3) is 0.346. The maximum absolute atomic E-state index is 11.7. The first-order valence-corrected chi connectivity index (χ1v) is 11.2. The van der Waals surface area contributed by atoms with Gasteiger partial charge in [-0.1, -0.05) is 31.2 Å². The molecule has 2 aromatic carbocycles. The fourth-order valence-electron chi connectivity index (χ4n) is 4.82. The Hall–Kier alpha value is -3.05. The Bertz CT molecular complexity index is 1290. The number of hydrogen-bond acceptors (Lipinski definition) is 4. The first kappa shape index (κ1) is 19.9. The molecule has 0 fully saturated rings. The number of nitrogens with one attached hydrogen (secondary N) is 1. The SMILES string of the molecule is CCOc1cccc2c3c(oc12)CN(C(CC)Cc1ccc2ccc(=O)[nH]c2c1)CC3. The number of H-pyrrole nitrogens is 1. The highest BCUT2D eigenvalue weighted by molar-refractivity contribution is 5.87. The Morgan fingerprint density at radius 2 is 2.03 bits per heavy atom. The summed E-state index contributed by atoms with van der Waals surface area (Å²) in [5.74, 6) is 1.90. The largest absolute Gasteiger partial charge is 0.490 e. The van der Waals surface area contributed by atoms with Gasteiger partial charge in [-0.3, -0.25) is 9.69 Å².